The van der Waals surface area contributed by atoms with Crippen molar-refractivity contribution in [3.05, 3.63) is 51.9 Å². The van der Waals surface area contributed by atoms with Crippen LogP contribution in [0.15, 0.2) is 28.8 Å². The van der Waals surface area contributed by atoms with Gasteiger partial charge in [-0.15, -0.1) is 0 Å². The number of nitrogens with zero attached hydrogens (tertiary/aromatic N) is 1. The maximum absolute atomic E-state index is 12.0. The van der Waals surface area contributed by atoms with Crippen LogP contribution in [0, 0.1) is 13.8 Å². The number of carbonyl (C=O) groups is 1. The summed E-state index contributed by atoms with van der Waals surface area (Å²) in [5, 5.41) is 19.4. The highest BCUT2D eigenvalue weighted by Crippen LogP contribution is 2.16. The fourth-order valence-corrected chi connectivity index (χ4v) is 2.42. The van der Waals surface area contributed by atoms with Crippen LogP contribution in [0.5, 0.6) is 0 Å². The molecule has 2 rings (SSSR count). The largest absolute Gasteiger partial charge is 0.394 e. The number of rotatable bonds is 6. The molecular formula is C16H20ClN3O3. The zero-order valence-corrected chi connectivity index (χ0v) is 13.9. The van der Waals surface area contributed by atoms with Crippen molar-refractivity contribution in [2.24, 2.45) is 0 Å². The van der Waals surface area contributed by atoms with Gasteiger partial charge in [0.1, 0.15) is 5.76 Å². The quantitative estimate of drug-likeness (QED) is 0.755. The molecule has 0 saturated carbocycles. The molecule has 23 heavy (non-hydrogen) atoms. The fraction of sp³-hybridized carbons (Fsp3) is 0.375. The SMILES string of the molecule is Cc1noc(C)c1CCNC(=O)NC(CO)c1ccc(Cl)cc1. The van der Waals surface area contributed by atoms with Crippen molar-refractivity contribution >= 4 is 17.6 Å². The van der Waals surface area contributed by atoms with Gasteiger partial charge in [-0.1, -0.05) is 28.9 Å². The smallest absolute Gasteiger partial charge is 0.315 e. The second-order valence-corrected chi connectivity index (χ2v) is 5.68. The van der Waals surface area contributed by atoms with Crippen molar-refractivity contribution in [3.8, 4) is 0 Å². The summed E-state index contributed by atoms with van der Waals surface area (Å²) >= 11 is 5.83. The second kappa shape index (κ2) is 7.99. The first-order chi connectivity index (χ1) is 11.0. The molecule has 7 heteroatoms. The molecule has 0 saturated heterocycles. The van der Waals surface area contributed by atoms with Gasteiger partial charge in [0, 0.05) is 17.1 Å². The van der Waals surface area contributed by atoms with Gasteiger partial charge in [0.2, 0.25) is 0 Å². The number of aliphatic hydroxyl groups is 1. The summed E-state index contributed by atoms with van der Waals surface area (Å²) in [5.41, 5.74) is 2.62. The minimum atomic E-state index is -0.480. The Kier molecular flexibility index (Phi) is 6.01. The third-order valence-electron chi connectivity index (χ3n) is 3.60. The van der Waals surface area contributed by atoms with Gasteiger partial charge in [0.05, 0.1) is 18.3 Å². The van der Waals surface area contributed by atoms with E-state index in [9.17, 15) is 9.90 Å². The predicted octanol–water partition coefficient (Wildman–Crippen LogP) is 2.52. The van der Waals surface area contributed by atoms with Crippen molar-refractivity contribution in [1.29, 1.82) is 0 Å². The number of urea groups is 1. The molecule has 2 aromatic rings. The molecule has 1 atom stereocenters. The number of hydrogen-bond acceptors (Lipinski definition) is 4. The molecule has 0 aliphatic rings. The molecule has 1 heterocycles. The van der Waals surface area contributed by atoms with Crippen molar-refractivity contribution in [2.45, 2.75) is 26.3 Å². The van der Waals surface area contributed by atoms with E-state index in [1.54, 1.807) is 24.3 Å². The van der Waals surface area contributed by atoms with Crippen LogP contribution in [0.4, 0.5) is 4.79 Å². The zero-order chi connectivity index (χ0) is 16.8. The minimum Gasteiger partial charge on any atom is -0.394 e. The van der Waals surface area contributed by atoms with E-state index < -0.39 is 6.04 Å². The Labute approximate surface area is 139 Å². The zero-order valence-electron chi connectivity index (χ0n) is 13.1. The highest BCUT2D eigenvalue weighted by atomic mass is 35.5. The number of halogens is 1. The van der Waals surface area contributed by atoms with Crippen LogP contribution in [0.2, 0.25) is 5.02 Å². The van der Waals surface area contributed by atoms with Crippen LogP contribution in [0.1, 0.15) is 28.6 Å². The molecule has 1 aromatic carbocycles. The normalized spacial score (nSPS) is 12.0. The highest BCUT2D eigenvalue weighted by molar-refractivity contribution is 6.30. The van der Waals surface area contributed by atoms with Gasteiger partial charge >= 0.3 is 6.03 Å². The maximum atomic E-state index is 12.0. The first-order valence-corrected chi connectivity index (χ1v) is 7.71. The van der Waals surface area contributed by atoms with Gasteiger partial charge in [-0.3, -0.25) is 0 Å². The summed E-state index contributed by atoms with van der Waals surface area (Å²) < 4.78 is 5.08. The molecule has 0 fully saturated rings. The number of nitrogens with one attached hydrogen (secondary N) is 2. The van der Waals surface area contributed by atoms with E-state index >= 15 is 0 Å². The van der Waals surface area contributed by atoms with Gasteiger partial charge in [-0.25, -0.2) is 4.79 Å². The summed E-state index contributed by atoms with van der Waals surface area (Å²) in [5.74, 6) is 0.763. The van der Waals surface area contributed by atoms with Crippen molar-refractivity contribution in [3.63, 3.8) is 0 Å². The Morgan fingerprint density at radius 3 is 2.61 bits per heavy atom. The molecule has 0 aliphatic heterocycles. The Morgan fingerprint density at radius 2 is 2.04 bits per heavy atom. The van der Waals surface area contributed by atoms with Crippen LogP contribution in [0.25, 0.3) is 0 Å². The topological polar surface area (TPSA) is 87.4 Å². The van der Waals surface area contributed by atoms with E-state index in [4.69, 9.17) is 16.1 Å². The van der Waals surface area contributed by atoms with E-state index in [0.717, 1.165) is 22.6 Å². The highest BCUT2D eigenvalue weighted by Gasteiger charge is 2.14. The summed E-state index contributed by atoms with van der Waals surface area (Å²) in [4.78, 5) is 12.0. The molecule has 1 unspecified atom stereocenters. The maximum Gasteiger partial charge on any atom is 0.315 e. The molecule has 6 nitrogen and oxygen atoms in total. The fourth-order valence-electron chi connectivity index (χ4n) is 2.30. The Hall–Kier alpha value is -2.05. The van der Waals surface area contributed by atoms with Crippen molar-refractivity contribution in [1.82, 2.24) is 15.8 Å². The first kappa shape index (κ1) is 17.3. The van der Waals surface area contributed by atoms with Gasteiger partial charge in [-0.2, -0.15) is 0 Å². The monoisotopic (exact) mass is 337 g/mol. The second-order valence-electron chi connectivity index (χ2n) is 5.24. The van der Waals surface area contributed by atoms with Crippen molar-refractivity contribution < 1.29 is 14.4 Å². The molecule has 3 N–H and O–H groups in total. The standard InChI is InChI=1S/C16H20ClN3O3/c1-10-14(11(2)23-20-10)7-8-18-16(22)19-15(9-21)12-3-5-13(17)6-4-12/h3-6,15,21H,7-9H2,1-2H3,(H2,18,19,22). The van der Waals surface area contributed by atoms with Crippen molar-refractivity contribution in [2.75, 3.05) is 13.2 Å². The number of amides is 2. The lowest BCUT2D eigenvalue weighted by atomic mass is 10.1. The molecule has 1 aromatic heterocycles. The molecule has 0 aliphatic carbocycles. The van der Waals surface area contributed by atoms with Gasteiger partial charge in [0.15, 0.2) is 0 Å². The molecule has 124 valence electrons. The summed E-state index contributed by atoms with van der Waals surface area (Å²) in [6.45, 7) is 3.97. The third-order valence-corrected chi connectivity index (χ3v) is 3.85. The Morgan fingerprint density at radius 1 is 1.35 bits per heavy atom. The lowest BCUT2D eigenvalue weighted by molar-refractivity contribution is 0.217. The average Bonchev–Trinajstić information content (AvgIpc) is 2.85. The summed E-state index contributed by atoms with van der Waals surface area (Å²) in [6, 6.07) is 6.16. The van der Waals surface area contributed by atoms with Gasteiger partial charge in [-0.05, 0) is 38.0 Å². The lowest BCUT2D eigenvalue weighted by Crippen LogP contribution is -2.40. The number of carbonyl (C=O) groups excluding carboxylic acids is 1. The van der Waals surface area contributed by atoms with E-state index in [0.29, 0.717) is 18.0 Å². The number of aryl methyl sites for hydroxylation is 2. The van der Waals surface area contributed by atoms with Crippen LogP contribution < -0.4 is 10.6 Å². The van der Waals surface area contributed by atoms with Crippen LogP contribution >= 0.6 is 11.6 Å². The van der Waals surface area contributed by atoms with Crippen LogP contribution in [-0.2, 0) is 6.42 Å². The lowest BCUT2D eigenvalue weighted by Gasteiger charge is -2.17. The Bertz CT molecular complexity index is 636. The molecule has 0 radical (unpaired) electrons. The molecule has 2 amide bonds. The minimum absolute atomic E-state index is 0.196. The van der Waals surface area contributed by atoms with E-state index in [2.05, 4.69) is 15.8 Å². The molecule has 0 bridgehead atoms. The molecule has 0 spiro atoms. The molecular weight excluding hydrogens is 318 g/mol. The average molecular weight is 338 g/mol. The van der Waals surface area contributed by atoms with Gasteiger partial charge in [0.25, 0.3) is 0 Å². The first-order valence-electron chi connectivity index (χ1n) is 7.33. The third kappa shape index (κ3) is 4.71. The Balaban J connectivity index is 1.84. The summed E-state index contributed by atoms with van der Waals surface area (Å²) in [6.07, 6.45) is 0.638. The number of benzene rings is 1. The number of aromatic nitrogens is 1. The number of aliphatic hydroxyl groups excluding tert-OH is 1. The van der Waals surface area contributed by atoms with E-state index in [1.165, 1.54) is 0 Å². The van der Waals surface area contributed by atoms with E-state index in [-0.39, 0.29) is 12.6 Å². The van der Waals surface area contributed by atoms with Gasteiger partial charge < -0.3 is 20.3 Å². The number of hydrogen-bond donors (Lipinski definition) is 3. The predicted molar refractivity (Wildman–Crippen MR) is 87.5 cm³/mol. The van der Waals surface area contributed by atoms with Crippen LogP contribution in [-0.4, -0.2) is 29.4 Å². The summed E-state index contributed by atoms with van der Waals surface area (Å²) in [7, 11) is 0. The van der Waals surface area contributed by atoms with Crippen LogP contribution in [0.3, 0.4) is 0 Å². The van der Waals surface area contributed by atoms with E-state index in [1.807, 2.05) is 13.8 Å².